The van der Waals surface area contributed by atoms with Crippen LogP contribution in [0.4, 0.5) is 13.9 Å². The number of para-hydroxylation sites is 1. The van der Waals surface area contributed by atoms with E-state index in [-0.39, 0.29) is 11.6 Å². The number of aromatic amines is 1. The maximum Gasteiger partial charge on any atom is 0.310 e. The molecule has 0 fully saturated rings. The van der Waals surface area contributed by atoms with Gasteiger partial charge in [-0.2, -0.15) is 0 Å². The minimum Gasteiger partial charge on any atom is -0.455 e. The number of esters is 1. The fourth-order valence-electron chi connectivity index (χ4n) is 2.90. The van der Waals surface area contributed by atoms with Crippen LogP contribution in [0.1, 0.15) is 5.56 Å². The number of hydrogen-bond acceptors (Lipinski definition) is 5. The van der Waals surface area contributed by atoms with Crippen molar-refractivity contribution in [1.82, 2.24) is 9.97 Å². The van der Waals surface area contributed by atoms with Crippen LogP contribution in [-0.4, -0.2) is 28.5 Å². The molecule has 152 valence electrons. The first-order valence-electron chi connectivity index (χ1n) is 8.91. The number of H-pyrrole nitrogens is 1. The minimum atomic E-state index is -0.979. The number of nitrogens with zero attached hydrogens (tertiary/aromatic N) is 1. The number of anilines is 1. The lowest BCUT2D eigenvalue weighted by atomic mass is 10.1. The number of amides is 1. The first-order chi connectivity index (χ1) is 14.5. The van der Waals surface area contributed by atoms with Gasteiger partial charge >= 0.3 is 5.97 Å². The highest BCUT2D eigenvalue weighted by molar-refractivity contribution is 7.14. The maximum absolute atomic E-state index is 13.4. The van der Waals surface area contributed by atoms with E-state index in [2.05, 4.69) is 15.3 Å². The van der Waals surface area contributed by atoms with Crippen LogP contribution >= 0.6 is 11.3 Å². The Labute approximate surface area is 173 Å². The van der Waals surface area contributed by atoms with Gasteiger partial charge in [0.2, 0.25) is 0 Å². The standard InChI is InChI=1S/C21H15F2N3O3S/c22-15-6-5-12(7-16(15)23)18-11-30-21(25-18)26-19(27)10-29-20(28)8-13-9-24-17-4-2-1-3-14(13)17/h1-7,9,11,24H,8,10H2,(H,25,26,27). The molecule has 1 amide bonds. The van der Waals surface area contributed by atoms with Gasteiger partial charge in [0.25, 0.3) is 5.91 Å². The molecule has 2 N–H and O–H groups in total. The zero-order valence-corrected chi connectivity index (χ0v) is 16.3. The number of thiazole rings is 1. The van der Waals surface area contributed by atoms with Gasteiger partial charge in [-0.25, -0.2) is 13.8 Å². The molecule has 0 saturated carbocycles. The third-order valence-electron chi connectivity index (χ3n) is 4.34. The first-order valence-corrected chi connectivity index (χ1v) is 9.79. The zero-order valence-electron chi connectivity index (χ0n) is 15.4. The number of halogens is 2. The number of hydrogen-bond donors (Lipinski definition) is 2. The average molecular weight is 427 g/mol. The summed E-state index contributed by atoms with van der Waals surface area (Å²) in [6.07, 6.45) is 1.77. The van der Waals surface area contributed by atoms with Crippen molar-refractivity contribution in [2.45, 2.75) is 6.42 Å². The second kappa shape index (κ2) is 8.42. The molecule has 4 rings (SSSR count). The summed E-state index contributed by atoms with van der Waals surface area (Å²) in [5.41, 5.74) is 2.48. The van der Waals surface area contributed by atoms with Crippen molar-refractivity contribution >= 4 is 39.2 Å². The molecule has 0 saturated heterocycles. The Morgan fingerprint density at radius 3 is 2.80 bits per heavy atom. The van der Waals surface area contributed by atoms with Crippen LogP contribution in [-0.2, 0) is 20.7 Å². The van der Waals surface area contributed by atoms with Crippen molar-refractivity contribution < 1.29 is 23.1 Å². The van der Waals surface area contributed by atoms with Gasteiger partial charge in [-0.3, -0.25) is 14.9 Å². The number of aromatic nitrogens is 2. The molecule has 0 spiro atoms. The second-order valence-electron chi connectivity index (χ2n) is 6.41. The molecular formula is C21H15F2N3O3S. The predicted octanol–water partition coefficient (Wildman–Crippen LogP) is 4.29. The number of carbonyl (C=O) groups is 2. The molecule has 4 aromatic rings. The van der Waals surface area contributed by atoms with Crippen molar-refractivity contribution in [2.24, 2.45) is 0 Å². The molecule has 0 atom stereocenters. The van der Waals surface area contributed by atoms with Crippen LogP contribution in [0.3, 0.4) is 0 Å². The molecule has 9 heteroatoms. The molecule has 0 aliphatic carbocycles. The van der Waals surface area contributed by atoms with E-state index in [4.69, 9.17) is 4.74 Å². The third-order valence-corrected chi connectivity index (χ3v) is 5.10. The van der Waals surface area contributed by atoms with E-state index >= 15 is 0 Å². The number of carbonyl (C=O) groups excluding carboxylic acids is 2. The topological polar surface area (TPSA) is 84.1 Å². The predicted molar refractivity (Wildman–Crippen MR) is 109 cm³/mol. The highest BCUT2D eigenvalue weighted by atomic mass is 32.1. The zero-order chi connectivity index (χ0) is 21.1. The Morgan fingerprint density at radius 1 is 1.13 bits per heavy atom. The molecule has 6 nitrogen and oxygen atoms in total. The molecule has 0 bridgehead atoms. The molecule has 2 aromatic heterocycles. The molecule has 0 unspecified atom stereocenters. The van der Waals surface area contributed by atoms with Gasteiger partial charge in [0.1, 0.15) is 0 Å². The van der Waals surface area contributed by atoms with E-state index in [9.17, 15) is 18.4 Å². The summed E-state index contributed by atoms with van der Waals surface area (Å²) in [6, 6.07) is 11.0. The van der Waals surface area contributed by atoms with Gasteiger partial charge in [0, 0.05) is 28.0 Å². The van der Waals surface area contributed by atoms with E-state index in [0.717, 1.165) is 39.9 Å². The summed E-state index contributed by atoms with van der Waals surface area (Å²) in [5.74, 6) is -3.00. The van der Waals surface area contributed by atoms with E-state index < -0.39 is 30.1 Å². The Bertz CT molecular complexity index is 1240. The SMILES string of the molecule is O=C(COC(=O)Cc1c[nH]c2ccccc12)Nc1nc(-c2ccc(F)c(F)c2)cs1. The summed E-state index contributed by atoms with van der Waals surface area (Å²) < 4.78 is 31.4. The summed E-state index contributed by atoms with van der Waals surface area (Å²) in [7, 11) is 0. The van der Waals surface area contributed by atoms with E-state index in [1.165, 1.54) is 6.07 Å². The minimum absolute atomic E-state index is 0.0365. The molecule has 30 heavy (non-hydrogen) atoms. The van der Waals surface area contributed by atoms with Crippen molar-refractivity contribution in [2.75, 3.05) is 11.9 Å². The highest BCUT2D eigenvalue weighted by Gasteiger charge is 2.14. The van der Waals surface area contributed by atoms with Crippen LogP contribution in [0.25, 0.3) is 22.2 Å². The lowest BCUT2D eigenvalue weighted by molar-refractivity contribution is -0.146. The van der Waals surface area contributed by atoms with Crippen molar-refractivity contribution in [3.05, 3.63) is 71.2 Å². The number of fused-ring (bicyclic) bond motifs is 1. The summed E-state index contributed by atoms with van der Waals surface area (Å²) in [6.45, 7) is -0.457. The molecule has 0 aliphatic heterocycles. The van der Waals surface area contributed by atoms with Crippen molar-refractivity contribution in [3.63, 3.8) is 0 Å². The lowest BCUT2D eigenvalue weighted by Gasteiger charge is -2.04. The van der Waals surface area contributed by atoms with E-state index in [0.29, 0.717) is 11.3 Å². The Hall–Kier alpha value is -3.59. The molecule has 0 aliphatic rings. The van der Waals surface area contributed by atoms with Gasteiger partial charge in [0.05, 0.1) is 12.1 Å². The van der Waals surface area contributed by atoms with Crippen LogP contribution in [0.15, 0.2) is 54.0 Å². The molecular weight excluding hydrogens is 412 g/mol. The fourth-order valence-corrected chi connectivity index (χ4v) is 3.64. The Balaban J connectivity index is 1.31. The Kier molecular flexibility index (Phi) is 5.53. The van der Waals surface area contributed by atoms with Gasteiger partial charge in [-0.15, -0.1) is 11.3 Å². The number of ether oxygens (including phenoxy) is 1. The third kappa shape index (κ3) is 4.36. The van der Waals surface area contributed by atoms with Crippen molar-refractivity contribution in [1.29, 1.82) is 0 Å². The largest absolute Gasteiger partial charge is 0.455 e. The Morgan fingerprint density at radius 2 is 1.97 bits per heavy atom. The van der Waals surface area contributed by atoms with Gasteiger partial charge in [0.15, 0.2) is 23.4 Å². The highest BCUT2D eigenvalue weighted by Crippen LogP contribution is 2.26. The smallest absolute Gasteiger partial charge is 0.310 e. The number of nitrogens with one attached hydrogen (secondary N) is 2. The summed E-state index contributed by atoms with van der Waals surface area (Å²) in [5, 5.41) is 5.30. The van der Waals surface area contributed by atoms with Gasteiger partial charge < -0.3 is 9.72 Å². The molecule has 2 aromatic carbocycles. The fraction of sp³-hybridized carbons (Fsp3) is 0.0952. The van der Waals surface area contributed by atoms with E-state index in [1.807, 2.05) is 24.3 Å². The maximum atomic E-state index is 13.4. The summed E-state index contributed by atoms with van der Waals surface area (Å²) in [4.78, 5) is 31.3. The number of benzene rings is 2. The van der Waals surface area contributed by atoms with Gasteiger partial charge in [-0.05, 0) is 29.8 Å². The van der Waals surface area contributed by atoms with Crippen LogP contribution < -0.4 is 5.32 Å². The first kappa shape index (κ1) is 19.7. The monoisotopic (exact) mass is 427 g/mol. The number of rotatable bonds is 6. The van der Waals surface area contributed by atoms with E-state index in [1.54, 1.807) is 11.6 Å². The lowest BCUT2D eigenvalue weighted by Crippen LogP contribution is -2.21. The van der Waals surface area contributed by atoms with Gasteiger partial charge in [-0.1, -0.05) is 18.2 Å². The normalized spacial score (nSPS) is 10.9. The average Bonchev–Trinajstić information content (AvgIpc) is 3.36. The quantitative estimate of drug-likeness (QED) is 0.450. The second-order valence-corrected chi connectivity index (χ2v) is 7.27. The molecule has 2 heterocycles. The van der Waals surface area contributed by atoms with Crippen molar-refractivity contribution in [3.8, 4) is 11.3 Å². The van der Waals surface area contributed by atoms with Crippen LogP contribution in [0.2, 0.25) is 0 Å². The van der Waals surface area contributed by atoms with Crippen LogP contribution in [0.5, 0.6) is 0 Å². The molecule has 0 radical (unpaired) electrons. The summed E-state index contributed by atoms with van der Waals surface area (Å²) >= 11 is 1.12. The van der Waals surface area contributed by atoms with Crippen LogP contribution in [0, 0.1) is 11.6 Å².